The Morgan fingerprint density at radius 3 is 2.70 bits per heavy atom. The molecule has 0 atom stereocenters. The van der Waals surface area contributed by atoms with Gasteiger partial charge in [0.15, 0.2) is 0 Å². The highest BCUT2D eigenvalue weighted by atomic mass is 16.5. The van der Waals surface area contributed by atoms with E-state index >= 15 is 0 Å². The highest BCUT2D eigenvalue weighted by Crippen LogP contribution is 2.23. The van der Waals surface area contributed by atoms with E-state index in [4.69, 9.17) is 10.5 Å². The first kappa shape index (κ1) is 16.3. The third-order valence-corrected chi connectivity index (χ3v) is 3.18. The number of rotatable bonds is 8. The number of methoxy groups -OCH3 is 1. The Morgan fingerprint density at radius 2 is 2.15 bits per heavy atom. The molecule has 0 heterocycles. The van der Waals surface area contributed by atoms with Crippen LogP contribution in [0.15, 0.2) is 18.2 Å². The van der Waals surface area contributed by atoms with Gasteiger partial charge in [0, 0.05) is 6.07 Å². The van der Waals surface area contributed by atoms with E-state index in [1.54, 1.807) is 25.3 Å². The molecule has 0 aromatic heterocycles. The largest absolute Gasteiger partial charge is 0.497 e. The van der Waals surface area contributed by atoms with Crippen molar-refractivity contribution < 1.29 is 9.53 Å². The summed E-state index contributed by atoms with van der Waals surface area (Å²) < 4.78 is 5.08. The van der Waals surface area contributed by atoms with Crippen LogP contribution in [0.25, 0.3) is 0 Å². The number of nitrogens with one attached hydrogen (secondary N) is 1. The molecule has 1 aromatic rings. The number of nitrogen functional groups attached to an aromatic ring is 1. The van der Waals surface area contributed by atoms with E-state index in [0.717, 1.165) is 25.9 Å². The summed E-state index contributed by atoms with van der Waals surface area (Å²) in [5, 5.41) is 2.84. The number of ether oxygens (including phenoxy) is 1. The van der Waals surface area contributed by atoms with Crippen LogP contribution in [0, 0.1) is 0 Å². The second kappa shape index (κ2) is 8.43. The molecule has 0 aliphatic rings. The van der Waals surface area contributed by atoms with Gasteiger partial charge < -0.3 is 15.8 Å². The highest BCUT2D eigenvalue weighted by Gasteiger charge is 2.10. The minimum absolute atomic E-state index is 0.0418. The van der Waals surface area contributed by atoms with Gasteiger partial charge in [-0.05, 0) is 31.6 Å². The molecule has 5 heteroatoms. The van der Waals surface area contributed by atoms with Crippen LogP contribution in [0.3, 0.4) is 0 Å². The predicted octanol–water partition coefficient (Wildman–Crippen LogP) is 2.34. The van der Waals surface area contributed by atoms with Gasteiger partial charge in [0.1, 0.15) is 5.75 Å². The quantitative estimate of drug-likeness (QED) is 0.717. The summed E-state index contributed by atoms with van der Waals surface area (Å²) in [6, 6.07) is 5.24. The lowest BCUT2D eigenvalue weighted by Gasteiger charge is -2.19. The topological polar surface area (TPSA) is 67.6 Å². The molecule has 1 aromatic carbocycles. The minimum Gasteiger partial charge on any atom is -0.497 e. The van der Waals surface area contributed by atoms with Crippen LogP contribution in [-0.4, -0.2) is 37.6 Å². The van der Waals surface area contributed by atoms with E-state index in [2.05, 4.69) is 24.1 Å². The first-order valence-corrected chi connectivity index (χ1v) is 7.06. The molecule has 0 radical (unpaired) electrons. The molecule has 20 heavy (non-hydrogen) atoms. The van der Waals surface area contributed by atoms with Gasteiger partial charge in [-0.25, -0.2) is 0 Å². The minimum atomic E-state index is -0.0418. The summed E-state index contributed by atoms with van der Waals surface area (Å²) in [6.07, 6.45) is 2.23. The fourth-order valence-corrected chi connectivity index (χ4v) is 1.91. The van der Waals surface area contributed by atoms with E-state index in [0.29, 0.717) is 23.7 Å². The Bertz CT molecular complexity index is 435. The summed E-state index contributed by atoms with van der Waals surface area (Å²) in [4.78, 5) is 14.1. The maximum absolute atomic E-state index is 12.0. The molecule has 0 aliphatic carbocycles. The highest BCUT2D eigenvalue weighted by molar-refractivity contribution is 5.95. The van der Waals surface area contributed by atoms with Crippen LogP contribution in [0.2, 0.25) is 0 Å². The lowest BCUT2D eigenvalue weighted by Crippen LogP contribution is -2.34. The van der Waals surface area contributed by atoms with Crippen molar-refractivity contribution in [2.75, 3.05) is 37.8 Å². The standard InChI is InChI=1S/C15H25N3O2/c1-4-6-9-18(5-2)11-15(19)17-14-8-7-12(20-3)10-13(14)16/h7-8,10H,4-6,9,11,16H2,1-3H3,(H,17,19). The molecule has 0 unspecified atom stereocenters. The molecular weight excluding hydrogens is 254 g/mol. The zero-order chi connectivity index (χ0) is 15.0. The number of hydrogen-bond acceptors (Lipinski definition) is 4. The van der Waals surface area contributed by atoms with Crippen LogP contribution >= 0.6 is 0 Å². The molecule has 0 saturated carbocycles. The van der Waals surface area contributed by atoms with Crippen molar-refractivity contribution in [1.82, 2.24) is 4.90 Å². The van der Waals surface area contributed by atoms with E-state index < -0.39 is 0 Å². The summed E-state index contributed by atoms with van der Waals surface area (Å²) >= 11 is 0. The van der Waals surface area contributed by atoms with Crippen molar-refractivity contribution >= 4 is 17.3 Å². The average molecular weight is 279 g/mol. The number of anilines is 2. The van der Waals surface area contributed by atoms with Crippen LogP contribution in [0.5, 0.6) is 5.75 Å². The maximum atomic E-state index is 12.0. The summed E-state index contributed by atoms with van der Waals surface area (Å²) in [7, 11) is 1.58. The van der Waals surface area contributed by atoms with Crippen LogP contribution < -0.4 is 15.8 Å². The summed E-state index contributed by atoms with van der Waals surface area (Å²) in [5.41, 5.74) is 7.02. The van der Waals surface area contributed by atoms with Crippen molar-refractivity contribution in [3.63, 3.8) is 0 Å². The maximum Gasteiger partial charge on any atom is 0.238 e. The Kier molecular flexibility index (Phi) is 6.87. The fourth-order valence-electron chi connectivity index (χ4n) is 1.91. The van der Waals surface area contributed by atoms with Crippen molar-refractivity contribution in [2.24, 2.45) is 0 Å². The number of unbranched alkanes of at least 4 members (excludes halogenated alkanes) is 1. The van der Waals surface area contributed by atoms with E-state index in [-0.39, 0.29) is 5.91 Å². The first-order valence-electron chi connectivity index (χ1n) is 7.06. The SMILES string of the molecule is CCCCN(CC)CC(=O)Nc1ccc(OC)cc1N. The zero-order valence-corrected chi connectivity index (χ0v) is 12.6. The van der Waals surface area contributed by atoms with Gasteiger partial charge in [0.05, 0.1) is 25.0 Å². The molecule has 0 saturated heterocycles. The van der Waals surface area contributed by atoms with Gasteiger partial charge in [-0.3, -0.25) is 9.69 Å². The lowest BCUT2D eigenvalue weighted by molar-refractivity contribution is -0.117. The fraction of sp³-hybridized carbons (Fsp3) is 0.533. The number of carbonyl (C=O) groups excluding carboxylic acids is 1. The number of benzene rings is 1. The third-order valence-electron chi connectivity index (χ3n) is 3.18. The first-order chi connectivity index (χ1) is 9.60. The summed E-state index contributed by atoms with van der Waals surface area (Å²) in [5.74, 6) is 0.637. The summed E-state index contributed by atoms with van der Waals surface area (Å²) in [6.45, 7) is 6.41. The Balaban J connectivity index is 2.57. The molecule has 0 fully saturated rings. The number of likely N-dealkylation sites (N-methyl/N-ethyl adjacent to an activating group) is 1. The van der Waals surface area contributed by atoms with Crippen molar-refractivity contribution in [1.29, 1.82) is 0 Å². The number of hydrogen-bond donors (Lipinski definition) is 2. The molecular formula is C15H25N3O2. The number of nitrogens with zero attached hydrogens (tertiary/aromatic N) is 1. The zero-order valence-electron chi connectivity index (χ0n) is 12.6. The average Bonchev–Trinajstić information content (AvgIpc) is 2.45. The van der Waals surface area contributed by atoms with Crippen LogP contribution in [0.1, 0.15) is 26.7 Å². The molecule has 5 nitrogen and oxygen atoms in total. The third kappa shape index (κ3) is 5.09. The molecule has 0 spiro atoms. The van der Waals surface area contributed by atoms with Gasteiger partial charge in [0.2, 0.25) is 5.91 Å². The molecule has 1 amide bonds. The lowest BCUT2D eigenvalue weighted by atomic mass is 10.2. The van der Waals surface area contributed by atoms with Crippen molar-refractivity contribution in [2.45, 2.75) is 26.7 Å². The number of carbonyl (C=O) groups is 1. The smallest absolute Gasteiger partial charge is 0.238 e. The molecule has 1 rings (SSSR count). The van der Waals surface area contributed by atoms with Crippen molar-refractivity contribution in [3.05, 3.63) is 18.2 Å². The van der Waals surface area contributed by atoms with Crippen LogP contribution in [0.4, 0.5) is 11.4 Å². The van der Waals surface area contributed by atoms with Crippen molar-refractivity contribution in [3.8, 4) is 5.75 Å². The number of amides is 1. The predicted molar refractivity (Wildman–Crippen MR) is 83.1 cm³/mol. The van der Waals surface area contributed by atoms with Gasteiger partial charge in [-0.15, -0.1) is 0 Å². The molecule has 112 valence electrons. The van der Waals surface area contributed by atoms with Gasteiger partial charge in [-0.2, -0.15) is 0 Å². The van der Waals surface area contributed by atoms with E-state index in [1.807, 2.05) is 0 Å². The normalized spacial score (nSPS) is 10.6. The Morgan fingerprint density at radius 1 is 1.40 bits per heavy atom. The second-order valence-electron chi connectivity index (χ2n) is 4.72. The Hall–Kier alpha value is -1.75. The number of nitrogens with two attached hydrogens (primary N) is 1. The Labute approximate surface area is 121 Å². The van der Waals surface area contributed by atoms with E-state index in [9.17, 15) is 4.79 Å². The second-order valence-corrected chi connectivity index (χ2v) is 4.72. The molecule has 3 N–H and O–H groups in total. The van der Waals surface area contributed by atoms with Crippen LogP contribution in [-0.2, 0) is 4.79 Å². The molecule has 0 aliphatic heterocycles. The van der Waals surface area contributed by atoms with Gasteiger partial charge in [-0.1, -0.05) is 20.3 Å². The van der Waals surface area contributed by atoms with Gasteiger partial charge >= 0.3 is 0 Å². The molecule has 0 bridgehead atoms. The monoisotopic (exact) mass is 279 g/mol. The van der Waals surface area contributed by atoms with E-state index in [1.165, 1.54) is 0 Å². The van der Waals surface area contributed by atoms with Gasteiger partial charge in [0.25, 0.3) is 0 Å².